The van der Waals surface area contributed by atoms with Crippen LogP contribution in [0.2, 0.25) is 18.1 Å². The molecule has 0 radical (unpaired) electrons. The molecule has 0 unspecified atom stereocenters. The van der Waals surface area contributed by atoms with Crippen molar-refractivity contribution in [2.45, 2.75) is 71.1 Å². The Balaban J connectivity index is 4.39. The van der Waals surface area contributed by atoms with Gasteiger partial charge >= 0.3 is 11.9 Å². The zero-order chi connectivity index (χ0) is 19.0. The van der Waals surface area contributed by atoms with Gasteiger partial charge in [-0.25, -0.2) is 4.79 Å². The van der Waals surface area contributed by atoms with Crippen LogP contribution in [0, 0.1) is 0 Å². The first-order valence-electron chi connectivity index (χ1n) is 8.22. The van der Waals surface area contributed by atoms with Crippen molar-refractivity contribution in [1.82, 2.24) is 5.32 Å². The van der Waals surface area contributed by atoms with E-state index < -0.39 is 32.2 Å². The molecule has 0 rings (SSSR count). The molecule has 2 N–H and O–H groups in total. The first-order valence-corrected chi connectivity index (χ1v) is 11.1. The molecule has 140 valence electrons. The van der Waals surface area contributed by atoms with E-state index in [2.05, 4.69) is 39.2 Å². The summed E-state index contributed by atoms with van der Waals surface area (Å²) in [5.74, 6) is -2.07. The van der Waals surface area contributed by atoms with Gasteiger partial charge in [-0.05, 0) is 25.1 Å². The molecule has 0 saturated carbocycles. The molecule has 0 aliphatic heterocycles. The number of carbonyl (C=O) groups excluding carboxylic acids is 2. The van der Waals surface area contributed by atoms with Crippen LogP contribution in [0.1, 0.15) is 47.0 Å². The quantitative estimate of drug-likeness (QED) is 0.457. The summed E-state index contributed by atoms with van der Waals surface area (Å²) in [6.45, 7) is 12.7. The minimum absolute atomic E-state index is 0.0363. The number of ether oxygens (including phenoxy) is 1. The number of rotatable bonds is 10. The largest absolute Gasteiger partial charge is 0.480 e. The third-order valence-corrected chi connectivity index (χ3v) is 8.71. The summed E-state index contributed by atoms with van der Waals surface area (Å²) >= 11 is 0. The van der Waals surface area contributed by atoms with Gasteiger partial charge in [0.05, 0.1) is 13.0 Å². The number of carbonyl (C=O) groups is 3. The summed E-state index contributed by atoms with van der Waals surface area (Å²) < 4.78 is 10.7. The Morgan fingerprint density at radius 2 is 1.75 bits per heavy atom. The Bertz CT molecular complexity index is 444. The Morgan fingerprint density at radius 3 is 2.21 bits per heavy atom. The van der Waals surface area contributed by atoms with Crippen molar-refractivity contribution in [1.29, 1.82) is 0 Å². The number of carboxylic acid groups (broad SMARTS) is 1. The van der Waals surface area contributed by atoms with Crippen LogP contribution >= 0.6 is 0 Å². The van der Waals surface area contributed by atoms with Gasteiger partial charge in [0.25, 0.3) is 0 Å². The fraction of sp³-hybridized carbons (Fsp3) is 0.812. The van der Waals surface area contributed by atoms with Crippen LogP contribution < -0.4 is 5.32 Å². The molecular formula is C16H31NO6Si. The van der Waals surface area contributed by atoms with E-state index in [1.807, 2.05) is 0 Å². The Morgan fingerprint density at radius 1 is 1.17 bits per heavy atom. The van der Waals surface area contributed by atoms with Crippen molar-refractivity contribution >= 4 is 26.2 Å². The van der Waals surface area contributed by atoms with Crippen LogP contribution in [0.25, 0.3) is 0 Å². The fourth-order valence-electron chi connectivity index (χ4n) is 1.62. The van der Waals surface area contributed by atoms with Gasteiger partial charge in [0.15, 0.2) is 8.32 Å². The van der Waals surface area contributed by atoms with Gasteiger partial charge in [-0.1, -0.05) is 20.8 Å². The first kappa shape index (κ1) is 22.6. The van der Waals surface area contributed by atoms with E-state index in [-0.39, 0.29) is 37.5 Å². The Kier molecular flexibility index (Phi) is 9.20. The lowest BCUT2D eigenvalue weighted by Gasteiger charge is -2.36. The standard InChI is InChI=1S/C16H31NO6Si/c1-7-22-14(19)9-8-13(18)17-12(15(20)21)10-11-23-24(5,6)16(2,3)4/h12H,7-11H2,1-6H3,(H,17,18)(H,20,21)/t12-/m1/s1. The SMILES string of the molecule is CCOC(=O)CCC(=O)N[C@H](CCO[Si](C)(C)C(C)(C)C)C(=O)O. The monoisotopic (exact) mass is 361 g/mol. The van der Waals surface area contributed by atoms with Gasteiger partial charge in [0.1, 0.15) is 6.04 Å². The minimum Gasteiger partial charge on any atom is -0.480 e. The molecule has 0 heterocycles. The maximum Gasteiger partial charge on any atom is 0.326 e. The molecule has 0 aliphatic rings. The van der Waals surface area contributed by atoms with Gasteiger partial charge < -0.3 is 19.6 Å². The molecule has 0 aromatic rings. The zero-order valence-corrected chi connectivity index (χ0v) is 16.6. The summed E-state index contributed by atoms with van der Waals surface area (Å²) in [5, 5.41) is 11.7. The number of amides is 1. The average Bonchev–Trinajstić information content (AvgIpc) is 2.42. The normalized spacial score (nSPS) is 13.2. The second-order valence-corrected chi connectivity index (χ2v) is 12.0. The molecule has 0 bridgehead atoms. The minimum atomic E-state index is -1.95. The van der Waals surface area contributed by atoms with Gasteiger partial charge in [-0.2, -0.15) is 0 Å². The third kappa shape index (κ3) is 8.44. The van der Waals surface area contributed by atoms with Crippen molar-refractivity contribution in [2.75, 3.05) is 13.2 Å². The summed E-state index contributed by atoms with van der Waals surface area (Å²) in [4.78, 5) is 34.3. The predicted molar refractivity (Wildman–Crippen MR) is 93.2 cm³/mol. The van der Waals surface area contributed by atoms with Crippen molar-refractivity contribution in [3.05, 3.63) is 0 Å². The molecule has 0 fully saturated rings. The molecule has 0 aromatic heterocycles. The number of hydrogen-bond donors (Lipinski definition) is 2. The second-order valence-electron chi connectivity index (χ2n) is 7.16. The summed E-state index contributed by atoms with van der Waals surface area (Å²) in [6, 6.07) is -1.02. The van der Waals surface area contributed by atoms with Crippen LogP contribution in [0.3, 0.4) is 0 Å². The van der Waals surface area contributed by atoms with Crippen LogP contribution in [0.4, 0.5) is 0 Å². The van der Waals surface area contributed by atoms with Gasteiger partial charge in [-0.15, -0.1) is 0 Å². The van der Waals surface area contributed by atoms with E-state index >= 15 is 0 Å². The lowest BCUT2D eigenvalue weighted by molar-refractivity contribution is -0.145. The predicted octanol–water partition coefficient (Wildman–Crippen LogP) is 2.31. The number of aliphatic carboxylic acids is 1. The van der Waals surface area contributed by atoms with E-state index in [1.165, 1.54) is 0 Å². The van der Waals surface area contributed by atoms with Crippen LogP contribution in [-0.2, 0) is 23.5 Å². The highest BCUT2D eigenvalue weighted by molar-refractivity contribution is 6.74. The molecular weight excluding hydrogens is 330 g/mol. The van der Waals surface area contributed by atoms with Gasteiger partial charge in [-0.3, -0.25) is 9.59 Å². The van der Waals surface area contributed by atoms with E-state index in [1.54, 1.807) is 6.92 Å². The highest BCUT2D eigenvalue weighted by Crippen LogP contribution is 2.36. The summed E-state index contributed by atoms with van der Waals surface area (Å²) in [6.07, 6.45) is 0.0329. The molecule has 0 saturated heterocycles. The van der Waals surface area contributed by atoms with Crippen molar-refractivity contribution < 1.29 is 28.7 Å². The first-order chi connectivity index (χ1) is 10.9. The molecule has 0 aliphatic carbocycles. The van der Waals surface area contributed by atoms with E-state index in [4.69, 9.17) is 9.16 Å². The van der Waals surface area contributed by atoms with Gasteiger partial charge in [0.2, 0.25) is 5.91 Å². The summed E-state index contributed by atoms with van der Waals surface area (Å²) in [5.41, 5.74) is 0. The smallest absolute Gasteiger partial charge is 0.326 e. The fourth-order valence-corrected chi connectivity index (χ4v) is 2.68. The van der Waals surface area contributed by atoms with Crippen LogP contribution in [-0.4, -0.2) is 50.5 Å². The molecule has 7 nitrogen and oxygen atoms in total. The molecule has 1 amide bonds. The Hall–Kier alpha value is -1.41. The number of carboxylic acids is 1. The third-order valence-electron chi connectivity index (χ3n) is 4.17. The van der Waals surface area contributed by atoms with Crippen molar-refractivity contribution in [3.63, 3.8) is 0 Å². The van der Waals surface area contributed by atoms with E-state index in [0.717, 1.165) is 0 Å². The van der Waals surface area contributed by atoms with Crippen molar-refractivity contribution in [2.24, 2.45) is 0 Å². The molecule has 8 heteroatoms. The van der Waals surface area contributed by atoms with E-state index in [0.29, 0.717) is 0 Å². The van der Waals surface area contributed by atoms with Gasteiger partial charge in [0, 0.05) is 19.4 Å². The number of nitrogens with one attached hydrogen (secondary N) is 1. The average molecular weight is 362 g/mol. The highest BCUT2D eigenvalue weighted by atomic mass is 28.4. The van der Waals surface area contributed by atoms with Crippen molar-refractivity contribution in [3.8, 4) is 0 Å². The second kappa shape index (κ2) is 9.78. The van der Waals surface area contributed by atoms with Crippen LogP contribution in [0.5, 0.6) is 0 Å². The molecule has 0 aromatic carbocycles. The Labute approximate surface area is 145 Å². The maximum atomic E-state index is 11.8. The topological polar surface area (TPSA) is 102 Å². The summed E-state index contributed by atoms with van der Waals surface area (Å²) in [7, 11) is -1.95. The van der Waals surface area contributed by atoms with E-state index in [9.17, 15) is 19.5 Å². The molecule has 1 atom stereocenters. The number of esters is 1. The lowest BCUT2D eigenvalue weighted by atomic mass is 10.2. The lowest BCUT2D eigenvalue weighted by Crippen LogP contribution is -2.44. The highest BCUT2D eigenvalue weighted by Gasteiger charge is 2.37. The maximum absolute atomic E-state index is 11.8. The zero-order valence-electron chi connectivity index (χ0n) is 15.6. The number of hydrogen-bond acceptors (Lipinski definition) is 5. The molecule has 0 spiro atoms. The van der Waals surface area contributed by atoms with Crippen LogP contribution in [0.15, 0.2) is 0 Å². The molecule has 24 heavy (non-hydrogen) atoms.